The summed E-state index contributed by atoms with van der Waals surface area (Å²) in [5.41, 5.74) is 0. The van der Waals surface area contributed by atoms with Crippen molar-refractivity contribution in [2.45, 2.75) is 12.6 Å². The van der Waals surface area contributed by atoms with Crippen LogP contribution in [0.3, 0.4) is 0 Å². The molecule has 0 fully saturated rings. The summed E-state index contributed by atoms with van der Waals surface area (Å²) in [6, 6.07) is -1.92. The third-order valence-corrected chi connectivity index (χ3v) is 2.00. The molecule has 0 radical (unpaired) electrons. The van der Waals surface area contributed by atoms with Gasteiger partial charge in [0.2, 0.25) is 0 Å². The van der Waals surface area contributed by atoms with Gasteiger partial charge in [-0.15, -0.1) is 0 Å². The van der Waals surface area contributed by atoms with Gasteiger partial charge in [-0.3, -0.25) is 0 Å². The minimum Gasteiger partial charge on any atom is -0.480 e. The summed E-state index contributed by atoms with van der Waals surface area (Å²) in [4.78, 5) is 25.6. The number of aliphatic hydroxyl groups excluding tert-OH is 1. The third kappa shape index (κ3) is 4.51. The van der Waals surface area contributed by atoms with E-state index in [1.807, 2.05) is 0 Å². The number of carbonyl (C=O) groups excluding carboxylic acids is 1. The van der Waals surface area contributed by atoms with Crippen LogP contribution in [-0.4, -0.2) is 51.0 Å². The number of hydrogen-bond donors (Lipinski definition) is 4. The fourth-order valence-corrected chi connectivity index (χ4v) is 1.11. The van der Waals surface area contributed by atoms with Gasteiger partial charge in [-0.05, 0) is 0 Å². The maximum atomic E-state index is 11.2. The zero-order valence-electron chi connectivity index (χ0n) is 9.04. The molecule has 0 aliphatic rings. The van der Waals surface area contributed by atoms with E-state index >= 15 is 0 Å². The number of urea groups is 1. The molecule has 1 rings (SSSR count). The Labute approximate surface area is 97.3 Å². The van der Waals surface area contributed by atoms with Gasteiger partial charge in [0.1, 0.15) is 0 Å². The van der Waals surface area contributed by atoms with Crippen LogP contribution in [0.1, 0.15) is 0 Å². The van der Waals surface area contributed by atoms with Crippen molar-refractivity contribution < 1.29 is 19.8 Å². The molecule has 1 aromatic rings. The molecule has 1 atom stereocenters. The number of hydrogen-bond acceptors (Lipinski definition) is 4. The van der Waals surface area contributed by atoms with Crippen molar-refractivity contribution in [3.8, 4) is 0 Å². The Morgan fingerprint density at radius 1 is 1.47 bits per heavy atom. The predicted molar refractivity (Wildman–Crippen MR) is 57.3 cm³/mol. The van der Waals surface area contributed by atoms with Crippen molar-refractivity contribution in [2.75, 3.05) is 13.2 Å². The number of aliphatic hydroxyl groups is 1. The number of nitrogens with zero attached hydrogens (tertiary/aromatic N) is 2. The van der Waals surface area contributed by atoms with E-state index in [0.717, 1.165) is 0 Å². The molecule has 2 amide bonds. The fraction of sp³-hybridized carbons (Fsp3) is 0.444. The molecular formula is C9H14N4O4. The first-order valence-electron chi connectivity index (χ1n) is 4.97. The number of rotatable bonds is 6. The summed E-state index contributed by atoms with van der Waals surface area (Å²) in [6.45, 7) is 0.217. The molecule has 8 heteroatoms. The molecule has 0 saturated heterocycles. The average Bonchev–Trinajstić information content (AvgIpc) is 2.78. The lowest BCUT2D eigenvalue weighted by Crippen LogP contribution is -2.48. The van der Waals surface area contributed by atoms with Crippen molar-refractivity contribution in [3.63, 3.8) is 0 Å². The van der Waals surface area contributed by atoms with Gasteiger partial charge in [0.05, 0.1) is 12.9 Å². The number of carbonyl (C=O) groups is 2. The normalized spacial score (nSPS) is 11.8. The molecule has 1 unspecified atom stereocenters. The van der Waals surface area contributed by atoms with Gasteiger partial charge in [0.25, 0.3) is 0 Å². The van der Waals surface area contributed by atoms with Crippen LogP contribution in [-0.2, 0) is 11.3 Å². The average molecular weight is 242 g/mol. The highest BCUT2D eigenvalue weighted by atomic mass is 16.4. The molecule has 0 spiro atoms. The second-order valence-electron chi connectivity index (χ2n) is 3.27. The summed E-state index contributed by atoms with van der Waals surface area (Å²) in [7, 11) is 0. The Bertz CT molecular complexity index is 365. The summed E-state index contributed by atoms with van der Waals surface area (Å²) >= 11 is 0. The number of aliphatic carboxylic acids is 1. The van der Waals surface area contributed by atoms with E-state index in [2.05, 4.69) is 15.6 Å². The van der Waals surface area contributed by atoms with E-state index in [0.29, 0.717) is 13.1 Å². The minimum absolute atomic E-state index is 0.333. The quantitative estimate of drug-likeness (QED) is 0.491. The molecular weight excluding hydrogens is 228 g/mol. The van der Waals surface area contributed by atoms with Crippen molar-refractivity contribution in [1.82, 2.24) is 20.2 Å². The van der Waals surface area contributed by atoms with Crippen LogP contribution in [0.25, 0.3) is 0 Å². The van der Waals surface area contributed by atoms with E-state index in [1.54, 1.807) is 23.3 Å². The van der Waals surface area contributed by atoms with Crippen LogP contribution in [0.5, 0.6) is 0 Å². The molecule has 0 aliphatic heterocycles. The molecule has 4 N–H and O–H groups in total. The summed E-state index contributed by atoms with van der Waals surface area (Å²) < 4.78 is 1.76. The van der Waals surface area contributed by atoms with Gasteiger partial charge in [-0.2, -0.15) is 0 Å². The maximum Gasteiger partial charge on any atom is 0.328 e. The molecule has 0 saturated carbocycles. The molecule has 94 valence electrons. The molecule has 0 aromatic carbocycles. The van der Waals surface area contributed by atoms with Crippen molar-refractivity contribution in [1.29, 1.82) is 0 Å². The van der Waals surface area contributed by atoms with Gasteiger partial charge >= 0.3 is 12.0 Å². The first kappa shape index (κ1) is 13.0. The van der Waals surface area contributed by atoms with Crippen LogP contribution >= 0.6 is 0 Å². The Morgan fingerprint density at radius 2 is 2.24 bits per heavy atom. The first-order valence-corrected chi connectivity index (χ1v) is 4.97. The lowest BCUT2D eigenvalue weighted by Gasteiger charge is -2.12. The lowest BCUT2D eigenvalue weighted by molar-refractivity contribution is -0.140. The Hall–Kier alpha value is -2.09. The highest BCUT2D eigenvalue weighted by Gasteiger charge is 2.17. The lowest BCUT2D eigenvalue weighted by atomic mass is 10.3. The maximum absolute atomic E-state index is 11.2. The van der Waals surface area contributed by atoms with E-state index in [9.17, 15) is 9.59 Å². The number of carboxylic acid groups (broad SMARTS) is 1. The zero-order valence-corrected chi connectivity index (χ0v) is 9.04. The molecule has 8 nitrogen and oxygen atoms in total. The Kier molecular flexibility index (Phi) is 4.95. The second kappa shape index (κ2) is 6.48. The molecule has 0 bridgehead atoms. The number of carboxylic acids is 1. The first-order chi connectivity index (χ1) is 8.13. The predicted octanol–water partition coefficient (Wildman–Crippen LogP) is -1.37. The van der Waals surface area contributed by atoms with Crippen LogP contribution in [0.15, 0.2) is 18.7 Å². The highest BCUT2D eigenvalue weighted by Crippen LogP contribution is 1.85. The van der Waals surface area contributed by atoms with E-state index in [-0.39, 0.29) is 0 Å². The topological polar surface area (TPSA) is 116 Å². The van der Waals surface area contributed by atoms with E-state index in [4.69, 9.17) is 10.2 Å². The second-order valence-corrected chi connectivity index (χ2v) is 3.27. The third-order valence-electron chi connectivity index (χ3n) is 2.00. The van der Waals surface area contributed by atoms with Crippen molar-refractivity contribution >= 4 is 12.0 Å². The number of aromatic nitrogens is 2. The largest absolute Gasteiger partial charge is 0.480 e. The van der Waals surface area contributed by atoms with Gasteiger partial charge < -0.3 is 25.4 Å². The van der Waals surface area contributed by atoms with Gasteiger partial charge in [0.15, 0.2) is 6.04 Å². The highest BCUT2D eigenvalue weighted by molar-refractivity contribution is 5.82. The Balaban J connectivity index is 2.23. The van der Waals surface area contributed by atoms with Gasteiger partial charge in [-0.25, -0.2) is 14.6 Å². The molecule has 1 heterocycles. The SMILES string of the molecule is O=C(NCCn1ccnc1)NC(CO)C(=O)O. The smallest absolute Gasteiger partial charge is 0.328 e. The number of amides is 2. The van der Waals surface area contributed by atoms with E-state index < -0.39 is 24.6 Å². The van der Waals surface area contributed by atoms with Crippen molar-refractivity contribution in [3.05, 3.63) is 18.7 Å². The van der Waals surface area contributed by atoms with Crippen molar-refractivity contribution in [2.24, 2.45) is 0 Å². The summed E-state index contributed by atoms with van der Waals surface area (Å²) in [5, 5.41) is 21.9. The number of imidazole rings is 1. The van der Waals surface area contributed by atoms with Crippen LogP contribution in [0, 0.1) is 0 Å². The summed E-state index contributed by atoms with van der Waals surface area (Å²) in [5.74, 6) is -1.28. The van der Waals surface area contributed by atoms with Gasteiger partial charge in [0, 0.05) is 25.5 Å². The minimum atomic E-state index is -1.29. The zero-order chi connectivity index (χ0) is 12.7. The standard InChI is InChI=1S/C9H14N4O4/c14-5-7(8(15)16)12-9(17)11-2-4-13-3-1-10-6-13/h1,3,6-7,14H,2,4-5H2,(H,15,16)(H2,11,12,17). The number of nitrogens with one attached hydrogen (secondary N) is 2. The Morgan fingerprint density at radius 3 is 2.76 bits per heavy atom. The monoisotopic (exact) mass is 242 g/mol. The van der Waals surface area contributed by atoms with Gasteiger partial charge in [-0.1, -0.05) is 0 Å². The molecule has 1 aromatic heterocycles. The molecule has 17 heavy (non-hydrogen) atoms. The van der Waals surface area contributed by atoms with E-state index in [1.165, 1.54) is 0 Å². The molecule has 0 aliphatic carbocycles. The van der Waals surface area contributed by atoms with Crippen LogP contribution < -0.4 is 10.6 Å². The fourth-order valence-electron chi connectivity index (χ4n) is 1.11. The summed E-state index contributed by atoms with van der Waals surface area (Å²) in [6.07, 6.45) is 4.97. The van der Waals surface area contributed by atoms with Crippen LogP contribution in [0.4, 0.5) is 4.79 Å². The van der Waals surface area contributed by atoms with Crippen LogP contribution in [0.2, 0.25) is 0 Å².